The second-order valence-corrected chi connectivity index (χ2v) is 6.68. The molecule has 0 saturated heterocycles. The fourth-order valence-electron chi connectivity index (χ4n) is 2.98. The van der Waals surface area contributed by atoms with E-state index in [1.54, 1.807) is 0 Å². The second-order valence-electron chi connectivity index (χ2n) is 6.68. The van der Waals surface area contributed by atoms with Gasteiger partial charge in [-0.1, -0.05) is 25.1 Å². The Bertz CT molecular complexity index is 924. The lowest BCUT2D eigenvalue weighted by Gasteiger charge is -2.18. The van der Waals surface area contributed by atoms with Crippen LogP contribution in [0.1, 0.15) is 30.9 Å². The lowest BCUT2D eigenvalue weighted by atomic mass is 10.0. The van der Waals surface area contributed by atoms with Crippen molar-refractivity contribution in [1.29, 1.82) is 0 Å². The zero-order chi connectivity index (χ0) is 19.8. The zero-order valence-corrected chi connectivity index (χ0v) is 15.0. The van der Waals surface area contributed by atoms with Crippen molar-refractivity contribution in [3.8, 4) is 0 Å². The first kappa shape index (κ1) is 18.9. The monoisotopic (exact) mass is 376 g/mol. The maximum atomic E-state index is 13.8. The molecule has 27 heavy (non-hydrogen) atoms. The molecule has 1 aliphatic carbocycles. The Kier molecular flexibility index (Phi) is 4.95. The highest BCUT2D eigenvalue weighted by Crippen LogP contribution is 2.48. The van der Waals surface area contributed by atoms with Crippen molar-refractivity contribution >= 4 is 23.2 Å². The van der Waals surface area contributed by atoms with E-state index in [4.69, 9.17) is 0 Å². The summed E-state index contributed by atoms with van der Waals surface area (Å²) in [6, 6.07) is 7.27. The SMILES string of the molecule is CCc1cccc(C)c1NC(=O)C1(C(=O)Nc2ccc(F)c(F)c2F)CC1. The highest BCUT2D eigenvalue weighted by molar-refractivity contribution is 6.17. The molecule has 0 spiro atoms. The Balaban J connectivity index is 1.80. The molecule has 1 aliphatic rings. The van der Waals surface area contributed by atoms with Gasteiger partial charge in [0.05, 0.1) is 5.69 Å². The van der Waals surface area contributed by atoms with E-state index in [9.17, 15) is 22.8 Å². The van der Waals surface area contributed by atoms with Gasteiger partial charge in [-0.05, 0) is 49.4 Å². The minimum Gasteiger partial charge on any atom is -0.325 e. The van der Waals surface area contributed by atoms with E-state index in [2.05, 4.69) is 10.6 Å². The molecule has 1 fully saturated rings. The molecule has 0 aromatic heterocycles. The molecule has 0 bridgehead atoms. The van der Waals surface area contributed by atoms with Crippen LogP contribution >= 0.6 is 0 Å². The fraction of sp³-hybridized carbons (Fsp3) is 0.300. The van der Waals surface area contributed by atoms with Gasteiger partial charge in [-0.25, -0.2) is 13.2 Å². The van der Waals surface area contributed by atoms with E-state index in [0.29, 0.717) is 31.0 Å². The van der Waals surface area contributed by atoms with E-state index in [-0.39, 0.29) is 0 Å². The molecule has 0 aliphatic heterocycles. The first-order valence-corrected chi connectivity index (χ1v) is 8.65. The summed E-state index contributed by atoms with van der Waals surface area (Å²) in [5.74, 6) is -5.75. The number of hydrogen-bond donors (Lipinski definition) is 2. The third-order valence-corrected chi connectivity index (χ3v) is 4.88. The maximum Gasteiger partial charge on any atom is 0.240 e. The van der Waals surface area contributed by atoms with E-state index in [1.807, 2.05) is 32.0 Å². The van der Waals surface area contributed by atoms with E-state index in [0.717, 1.165) is 17.2 Å². The van der Waals surface area contributed by atoms with Gasteiger partial charge in [0.1, 0.15) is 5.41 Å². The Labute approximate surface area is 154 Å². The molecule has 0 radical (unpaired) electrons. The molecule has 1 saturated carbocycles. The molecule has 0 heterocycles. The van der Waals surface area contributed by atoms with Crippen molar-refractivity contribution < 1.29 is 22.8 Å². The number of carbonyl (C=O) groups excluding carboxylic acids is 2. The quantitative estimate of drug-likeness (QED) is 0.603. The van der Waals surface area contributed by atoms with Gasteiger partial charge < -0.3 is 10.6 Å². The number of amides is 2. The first-order valence-electron chi connectivity index (χ1n) is 8.65. The highest BCUT2D eigenvalue weighted by Gasteiger charge is 2.56. The first-order chi connectivity index (χ1) is 12.8. The fourth-order valence-corrected chi connectivity index (χ4v) is 2.98. The van der Waals surface area contributed by atoms with Crippen LogP contribution in [0.3, 0.4) is 0 Å². The summed E-state index contributed by atoms with van der Waals surface area (Å²) in [7, 11) is 0. The lowest BCUT2D eigenvalue weighted by molar-refractivity contribution is -0.131. The summed E-state index contributed by atoms with van der Waals surface area (Å²) in [6.45, 7) is 3.81. The molecule has 2 N–H and O–H groups in total. The molecule has 142 valence electrons. The summed E-state index contributed by atoms with van der Waals surface area (Å²) in [4.78, 5) is 25.3. The number of rotatable bonds is 5. The van der Waals surface area contributed by atoms with Gasteiger partial charge in [0, 0.05) is 5.69 Å². The maximum absolute atomic E-state index is 13.8. The molecule has 4 nitrogen and oxygen atoms in total. The number of benzene rings is 2. The minimum atomic E-state index is -1.67. The normalized spacial score (nSPS) is 14.6. The average Bonchev–Trinajstić information content (AvgIpc) is 3.46. The highest BCUT2D eigenvalue weighted by atomic mass is 19.2. The predicted molar refractivity (Wildman–Crippen MR) is 95.8 cm³/mol. The molecule has 2 aromatic rings. The van der Waals surface area contributed by atoms with E-state index in [1.165, 1.54) is 0 Å². The Morgan fingerprint density at radius 1 is 1.00 bits per heavy atom. The number of para-hydroxylation sites is 1. The summed E-state index contributed by atoms with van der Waals surface area (Å²) in [5.41, 5.74) is 0.618. The third-order valence-electron chi connectivity index (χ3n) is 4.88. The smallest absolute Gasteiger partial charge is 0.240 e. The minimum absolute atomic E-state index is 0.295. The van der Waals surface area contributed by atoms with Crippen molar-refractivity contribution in [3.63, 3.8) is 0 Å². The number of anilines is 2. The van der Waals surface area contributed by atoms with Crippen LogP contribution in [-0.4, -0.2) is 11.8 Å². The van der Waals surface area contributed by atoms with Crippen molar-refractivity contribution in [2.75, 3.05) is 10.6 Å². The Morgan fingerprint density at radius 2 is 1.67 bits per heavy atom. The molecular weight excluding hydrogens is 357 g/mol. The number of hydrogen-bond acceptors (Lipinski definition) is 2. The van der Waals surface area contributed by atoms with Crippen molar-refractivity contribution in [2.45, 2.75) is 33.1 Å². The molecular formula is C20H19F3N2O2. The molecule has 3 rings (SSSR count). The van der Waals surface area contributed by atoms with E-state index < -0.39 is 40.4 Å². The Morgan fingerprint density at radius 3 is 2.30 bits per heavy atom. The summed E-state index contributed by atoms with van der Waals surface area (Å²) in [5, 5.41) is 5.02. The second kappa shape index (κ2) is 7.06. The van der Waals surface area contributed by atoms with Crippen LogP contribution in [0.2, 0.25) is 0 Å². The van der Waals surface area contributed by atoms with Gasteiger partial charge in [0.2, 0.25) is 11.8 Å². The number of carbonyl (C=O) groups is 2. The van der Waals surface area contributed by atoms with Crippen molar-refractivity contribution in [1.82, 2.24) is 0 Å². The number of halogens is 3. The summed E-state index contributed by atoms with van der Waals surface area (Å²) >= 11 is 0. The molecule has 2 aromatic carbocycles. The number of nitrogens with one attached hydrogen (secondary N) is 2. The molecule has 2 amide bonds. The summed E-state index contributed by atoms with van der Waals surface area (Å²) < 4.78 is 40.2. The van der Waals surface area contributed by atoms with Gasteiger partial charge in [-0.2, -0.15) is 0 Å². The van der Waals surface area contributed by atoms with Gasteiger partial charge >= 0.3 is 0 Å². The summed E-state index contributed by atoms with van der Waals surface area (Å²) in [6.07, 6.45) is 1.29. The predicted octanol–water partition coefficient (Wildman–Crippen LogP) is 4.33. The zero-order valence-electron chi connectivity index (χ0n) is 15.0. The van der Waals surface area contributed by atoms with Crippen LogP contribution in [0.25, 0.3) is 0 Å². The standard InChI is InChI=1S/C20H19F3N2O2/c1-3-12-6-4-5-11(2)17(12)25-19(27)20(9-10-20)18(26)24-14-8-7-13(21)15(22)16(14)23/h4-8H,3,9-10H2,1-2H3,(H,24,26)(H,25,27). The van der Waals surface area contributed by atoms with Crippen LogP contribution in [-0.2, 0) is 16.0 Å². The lowest BCUT2D eigenvalue weighted by Crippen LogP contribution is -2.36. The van der Waals surface area contributed by atoms with Gasteiger partial charge in [-0.3, -0.25) is 9.59 Å². The van der Waals surface area contributed by atoms with Crippen molar-refractivity contribution in [3.05, 3.63) is 58.9 Å². The number of aryl methyl sites for hydroxylation is 2. The average molecular weight is 376 g/mol. The van der Waals surface area contributed by atoms with Crippen LogP contribution in [0.4, 0.5) is 24.5 Å². The van der Waals surface area contributed by atoms with E-state index >= 15 is 0 Å². The van der Waals surface area contributed by atoms with Crippen LogP contribution in [0, 0.1) is 29.8 Å². The van der Waals surface area contributed by atoms with Crippen LogP contribution in [0.5, 0.6) is 0 Å². The topological polar surface area (TPSA) is 58.2 Å². The third kappa shape index (κ3) is 3.41. The van der Waals surface area contributed by atoms with Crippen LogP contribution < -0.4 is 10.6 Å². The van der Waals surface area contributed by atoms with Gasteiger partial charge in [0.15, 0.2) is 17.5 Å². The van der Waals surface area contributed by atoms with Gasteiger partial charge in [-0.15, -0.1) is 0 Å². The Hall–Kier alpha value is -2.83. The molecule has 0 atom stereocenters. The largest absolute Gasteiger partial charge is 0.325 e. The van der Waals surface area contributed by atoms with Gasteiger partial charge in [0.25, 0.3) is 0 Å². The van der Waals surface area contributed by atoms with Crippen LogP contribution in [0.15, 0.2) is 30.3 Å². The molecule has 0 unspecified atom stereocenters. The van der Waals surface area contributed by atoms with Crippen molar-refractivity contribution in [2.24, 2.45) is 5.41 Å². The molecule has 7 heteroatoms.